The van der Waals surface area contributed by atoms with Crippen LogP contribution in [0.4, 0.5) is 0 Å². The maximum Gasteiger partial charge on any atom is 0.271 e. The zero-order chi connectivity index (χ0) is 23.2. The third kappa shape index (κ3) is 3.95. The largest absolute Gasteiger partial charge is 0.463 e. The Kier molecular flexibility index (Phi) is 5.73. The molecule has 174 valence electrons. The maximum atomic E-state index is 13.8. The van der Waals surface area contributed by atoms with Gasteiger partial charge in [0.05, 0.1) is 18.3 Å². The van der Waals surface area contributed by atoms with Crippen LogP contribution < -0.4 is 5.32 Å². The number of nitrogens with one attached hydrogen (secondary N) is 1. The number of hydrogen-bond acceptors (Lipinski definition) is 3. The van der Waals surface area contributed by atoms with Crippen LogP contribution in [-0.2, 0) is 17.8 Å². The number of aromatic nitrogens is 1. The summed E-state index contributed by atoms with van der Waals surface area (Å²) < 4.78 is 7.49. The molecule has 5 rings (SSSR count). The molecule has 1 N–H and O–H groups in total. The molecular formula is C26H30ClN3O3. The Morgan fingerprint density at radius 2 is 1.97 bits per heavy atom. The molecule has 3 heterocycles. The molecule has 2 aromatic heterocycles. The summed E-state index contributed by atoms with van der Waals surface area (Å²) in [7, 11) is 0. The van der Waals surface area contributed by atoms with Crippen LogP contribution in [0.2, 0.25) is 5.02 Å². The van der Waals surface area contributed by atoms with Crippen LogP contribution in [0.1, 0.15) is 55.6 Å². The van der Waals surface area contributed by atoms with E-state index in [1.165, 1.54) is 6.42 Å². The first kappa shape index (κ1) is 22.1. The van der Waals surface area contributed by atoms with Gasteiger partial charge in [-0.25, -0.2) is 0 Å². The first-order chi connectivity index (χ1) is 15.9. The van der Waals surface area contributed by atoms with E-state index in [1.807, 2.05) is 41.8 Å². The lowest BCUT2D eigenvalue weighted by atomic mass is 9.85. The van der Waals surface area contributed by atoms with E-state index < -0.39 is 5.54 Å². The number of carbonyl (C=O) groups excluding carboxylic acids is 2. The smallest absolute Gasteiger partial charge is 0.271 e. The molecule has 1 aromatic carbocycles. The minimum Gasteiger partial charge on any atom is -0.463 e. The lowest BCUT2D eigenvalue weighted by Gasteiger charge is -2.45. The van der Waals surface area contributed by atoms with Crippen LogP contribution in [0.5, 0.6) is 0 Å². The van der Waals surface area contributed by atoms with E-state index in [0.717, 1.165) is 30.3 Å². The van der Waals surface area contributed by atoms with Crippen molar-refractivity contribution in [3.05, 3.63) is 58.9 Å². The number of benzene rings is 1. The minimum atomic E-state index is -1.00. The van der Waals surface area contributed by atoms with Crippen molar-refractivity contribution >= 4 is 34.5 Å². The molecule has 2 amide bonds. The zero-order valence-corrected chi connectivity index (χ0v) is 19.9. The molecule has 3 atom stereocenters. The summed E-state index contributed by atoms with van der Waals surface area (Å²) in [5.41, 5.74) is 2.15. The average Bonchev–Trinajstić information content (AvgIpc) is 3.39. The molecule has 6 nitrogen and oxygen atoms in total. The molecule has 7 heteroatoms. The second kappa shape index (κ2) is 8.56. The highest BCUT2D eigenvalue weighted by Gasteiger charge is 2.48. The van der Waals surface area contributed by atoms with Gasteiger partial charge in [0.15, 0.2) is 5.58 Å². The molecule has 1 aliphatic carbocycles. The van der Waals surface area contributed by atoms with Gasteiger partial charge in [0.2, 0.25) is 5.91 Å². The Morgan fingerprint density at radius 3 is 2.73 bits per heavy atom. The Hall–Kier alpha value is -2.73. The summed E-state index contributed by atoms with van der Waals surface area (Å²) >= 11 is 6.03. The van der Waals surface area contributed by atoms with E-state index in [4.69, 9.17) is 16.0 Å². The number of amides is 2. The first-order valence-corrected chi connectivity index (χ1v) is 12.2. The summed E-state index contributed by atoms with van der Waals surface area (Å²) in [5.74, 6) is 0.216. The lowest BCUT2D eigenvalue weighted by Crippen LogP contribution is -2.65. The molecule has 0 bridgehead atoms. The summed E-state index contributed by atoms with van der Waals surface area (Å²) in [4.78, 5) is 29.2. The van der Waals surface area contributed by atoms with Gasteiger partial charge in [-0.2, -0.15) is 0 Å². The number of carbonyl (C=O) groups is 2. The van der Waals surface area contributed by atoms with Crippen LogP contribution in [-0.4, -0.2) is 39.4 Å². The van der Waals surface area contributed by atoms with Crippen LogP contribution >= 0.6 is 11.6 Å². The van der Waals surface area contributed by atoms with Gasteiger partial charge < -0.3 is 19.2 Å². The number of hydrogen-bond donors (Lipinski definition) is 1. The second-order valence-corrected chi connectivity index (χ2v) is 10.2. The van der Waals surface area contributed by atoms with Crippen molar-refractivity contribution in [2.24, 2.45) is 5.92 Å². The standard InChI is InChI=1S/C26H30ClN3O3/c1-17-5-3-4-6-20(17)28-25(32)26(2)16-29-21-12-14-33-23(21)15-22(29)24(31)30(26)13-11-18-7-9-19(27)10-8-18/h7-10,12,14-15,17,20H,3-6,11,13,16H2,1-2H3,(H,28,32). The number of nitrogens with zero attached hydrogens (tertiary/aromatic N) is 2. The Bertz CT molecular complexity index is 1180. The van der Waals surface area contributed by atoms with Gasteiger partial charge in [-0.1, -0.05) is 43.5 Å². The van der Waals surface area contributed by atoms with Crippen molar-refractivity contribution in [2.45, 2.75) is 64.1 Å². The second-order valence-electron chi connectivity index (χ2n) is 9.73. The number of rotatable bonds is 5. The fourth-order valence-electron chi connectivity index (χ4n) is 5.37. The Balaban J connectivity index is 1.47. The molecule has 0 saturated heterocycles. The van der Waals surface area contributed by atoms with E-state index >= 15 is 0 Å². The van der Waals surface area contributed by atoms with Gasteiger partial charge in [0, 0.05) is 29.7 Å². The van der Waals surface area contributed by atoms with Gasteiger partial charge in [-0.15, -0.1) is 0 Å². The first-order valence-electron chi connectivity index (χ1n) is 11.8. The predicted octanol–water partition coefficient (Wildman–Crippen LogP) is 5.04. The van der Waals surface area contributed by atoms with Crippen LogP contribution in [0.3, 0.4) is 0 Å². The third-order valence-corrected chi connectivity index (χ3v) is 7.76. The fourth-order valence-corrected chi connectivity index (χ4v) is 5.50. The summed E-state index contributed by atoms with van der Waals surface area (Å²) in [6.45, 7) is 4.93. The molecular weight excluding hydrogens is 438 g/mol. The molecule has 33 heavy (non-hydrogen) atoms. The van der Waals surface area contributed by atoms with Crippen molar-refractivity contribution in [1.29, 1.82) is 0 Å². The summed E-state index contributed by atoms with van der Waals surface area (Å²) in [6.07, 6.45) is 6.71. The van der Waals surface area contributed by atoms with Crippen LogP contribution in [0, 0.1) is 5.92 Å². The van der Waals surface area contributed by atoms with Crippen molar-refractivity contribution in [1.82, 2.24) is 14.8 Å². The topological polar surface area (TPSA) is 67.5 Å². The highest BCUT2D eigenvalue weighted by atomic mass is 35.5. The molecule has 2 aliphatic rings. The van der Waals surface area contributed by atoms with Crippen LogP contribution in [0.15, 0.2) is 47.1 Å². The van der Waals surface area contributed by atoms with E-state index in [1.54, 1.807) is 17.2 Å². The minimum absolute atomic E-state index is 0.0818. The van der Waals surface area contributed by atoms with Gasteiger partial charge in [-0.3, -0.25) is 9.59 Å². The molecule has 0 spiro atoms. The Labute approximate surface area is 198 Å². The van der Waals surface area contributed by atoms with E-state index in [9.17, 15) is 9.59 Å². The normalized spacial score (nSPS) is 25.3. The number of furan rings is 1. The van der Waals surface area contributed by atoms with E-state index in [-0.39, 0.29) is 17.9 Å². The summed E-state index contributed by atoms with van der Waals surface area (Å²) in [5, 5.41) is 3.99. The third-order valence-electron chi connectivity index (χ3n) is 7.50. The molecule has 1 aliphatic heterocycles. The van der Waals surface area contributed by atoms with Gasteiger partial charge in [-0.05, 0) is 49.8 Å². The van der Waals surface area contributed by atoms with Gasteiger partial charge in [0.25, 0.3) is 5.91 Å². The van der Waals surface area contributed by atoms with E-state index in [2.05, 4.69) is 12.2 Å². The van der Waals surface area contributed by atoms with Crippen molar-refractivity contribution < 1.29 is 14.0 Å². The quantitative estimate of drug-likeness (QED) is 0.571. The molecule has 0 radical (unpaired) electrons. The summed E-state index contributed by atoms with van der Waals surface area (Å²) in [6, 6.07) is 11.4. The molecule has 1 fully saturated rings. The van der Waals surface area contributed by atoms with Gasteiger partial charge >= 0.3 is 0 Å². The molecule has 3 aromatic rings. The van der Waals surface area contributed by atoms with Crippen molar-refractivity contribution in [2.75, 3.05) is 6.54 Å². The maximum absolute atomic E-state index is 13.8. The lowest BCUT2D eigenvalue weighted by molar-refractivity contribution is -0.134. The highest BCUT2D eigenvalue weighted by molar-refractivity contribution is 6.30. The van der Waals surface area contributed by atoms with Crippen molar-refractivity contribution in [3.8, 4) is 0 Å². The Morgan fingerprint density at radius 1 is 1.21 bits per heavy atom. The van der Waals surface area contributed by atoms with Gasteiger partial charge in [0.1, 0.15) is 11.2 Å². The molecule has 3 unspecified atom stereocenters. The highest BCUT2D eigenvalue weighted by Crippen LogP contribution is 2.34. The average molecular weight is 468 g/mol. The SMILES string of the molecule is CC1CCCCC1NC(=O)C1(C)Cn2c(cc3occc32)C(=O)N1CCc1ccc(Cl)cc1. The fraction of sp³-hybridized carbons (Fsp3) is 0.462. The van der Waals surface area contributed by atoms with E-state index in [0.29, 0.717) is 41.7 Å². The molecule has 1 saturated carbocycles. The monoisotopic (exact) mass is 467 g/mol. The number of fused-ring (bicyclic) bond motifs is 3. The zero-order valence-electron chi connectivity index (χ0n) is 19.1. The predicted molar refractivity (Wildman–Crippen MR) is 128 cm³/mol. The number of halogens is 1. The van der Waals surface area contributed by atoms with Crippen molar-refractivity contribution in [3.63, 3.8) is 0 Å². The van der Waals surface area contributed by atoms with Crippen LogP contribution in [0.25, 0.3) is 11.1 Å².